The van der Waals surface area contributed by atoms with Crippen molar-refractivity contribution in [3.05, 3.63) is 35.4 Å². The van der Waals surface area contributed by atoms with Gasteiger partial charge in [-0.3, -0.25) is 9.59 Å². The highest BCUT2D eigenvalue weighted by molar-refractivity contribution is 5.95. The predicted octanol–water partition coefficient (Wildman–Crippen LogP) is 4.23. The Kier molecular flexibility index (Phi) is 7.19. The SMILES string of the molecule is C[C@H](c1ccc(C(F)(F)F)cc1)N1C(=O)CN(C2CCN(C(=O)OC(C)(C)C)CC2)C(=O)[C@@H]1C. The van der Waals surface area contributed by atoms with E-state index in [1.807, 2.05) is 0 Å². The van der Waals surface area contributed by atoms with Crippen molar-refractivity contribution >= 4 is 17.9 Å². The van der Waals surface area contributed by atoms with Crippen molar-refractivity contribution in [1.82, 2.24) is 14.7 Å². The lowest BCUT2D eigenvalue weighted by Crippen LogP contribution is -2.62. The minimum absolute atomic E-state index is 0.0920. The average Bonchev–Trinajstić information content (AvgIpc) is 2.74. The van der Waals surface area contributed by atoms with Gasteiger partial charge in [0, 0.05) is 19.1 Å². The monoisotopic (exact) mass is 483 g/mol. The van der Waals surface area contributed by atoms with E-state index in [0.717, 1.165) is 12.1 Å². The third-order valence-electron chi connectivity index (χ3n) is 6.35. The van der Waals surface area contributed by atoms with E-state index in [1.54, 1.807) is 44.4 Å². The molecule has 188 valence electrons. The Hall–Kier alpha value is -2.78. The molecule has 0 bridgehead atoms. The molecule has 10 heteroatoms. The number of likely N-dealkylation sites (tertiary alicyclic amines) is 1. The molecular formula is C24H32F3N3O4. The largest absolute Gasteiger partial charge is 0.444 e. The lowest BCUT2D eigenvalue weighted by Gasteiger charge is -2.46. The van der Waals surface area contributed by atoms with Crippen LogP contribution in [0.25, 0.3) is 0 Å². The van der Waals surface area contributed by atoms with Crippen LogP contribution < -0.4 is 0 Å². The summed E-state index contributed by atoms with van der Waals surface area (Å²) in [5.41, 5.74) is -0.826. The number of benzene rings is 1. The standard InChI is InChI=1S/C24H32F3N3O4/c1-15(17-6-8-18(9-7-17)24(25,26)27)30-16(2)21(32)29(14-20(30)31)19-10-12-28(13-11-19)22(33)34-23(3,4)5/h6-9,15-16,19H,10-14H2,1-5H3/t15-,16+/m1/s1. The van der Waals surface area contributed by atoms with Crippen LogP contribution in [0.15, 0.2) is 24.3 Å². The van der Waals surface area contributed by atoms with Gasteiger partial charge < -0.3 is 19.4 Å². The Balaban J connectivity index is 1.64. The number of piperidine rings is 1. The number of hydrogen-bond acceptors (Lipinski definition) is 4. The second-order valence-corrected chi connectivity index (χ2v) is 9.94. The molecule has 34 heavy (non-hydrogen) atoms. The Labute approximate surface area is 197 Å². The molecule has 1 aromatic rings. The fourth-order valence-corrected chi connectivity index (χ4v) is 4.54. The summed E-state index contributed by atoms with van der Waals surface area (Å²) in [4.78, 5) is 43.1. The van der Waals surface area contributed by atoms with E-state index in [1.165, 1.54) is 17.0 Å². The Morgan fingerprint density at radius 2 is 1.62 bits per heavy atom. The number of halogens is 3. The Morgan fingerprint density at radius 1 is 1.06 bits per heavy atom. The average molecular weight is 484 g/mol. The smallest absolute Gasteiger partial charge is 0.416 e. The highest BCUT2D eigenvalue weighted by Crippen LogP contribution is 2.33. The lowest BCUT2D eigenvalue weighted by molar-refractivity contribution is -0.160. The Bertz CT molecular complexity index is 919. The molecule has 3 rings (SSSR count). The first kappa shape index (κ1) is 25.8. The second-order valence-electron chi connectivity index (χ2n) is 9.94. The van der Waals surface area contributed by atoms with Crippen molar-refractivity contribution < 1.29 is 32.3 Å². The molecule has 2 atom stereocenters. The Morgan fingerprint density at radius 3 is 2.12 bits per heavy atom. The van der Waals surface area contributed by atoms with Gasteiger partial charge in [-0.25, -0.2) is 4.79 Å². The van der Waals surface area contributed by atoms with Crippen LogP contribution in [-0.4, -0.2) is 69.9 Å². The normalized spacial score (nSPS) is 21.6. The van der Waals surface area contributed by atoms with Crippen molar-refractivity contribution in [3.8, 4) is 0 Å². The number of alkyl halides is 3. The van der Waals surface area contributed by atoms with E-state index >= 15 is 0 Å². The van der Waals surface area contributed by atoms with Crippen LogP contribution in [0.5, 0.6) is 0 Å². The van der Waals surface area contributed by atoms with Crippen LogP contribution in [0, 0.1) is 0 Å². The van der Waals surface area contributed by atoms with Crippen molar-refractivity contribution in [2.45, 2.75) is 77.4 Å². The quantitative estimate of drug-likeness (QED) is 0.646. The maximum absolute atomic E-state index is 13.2. The van der Waals surface area contributed by atoms with Gasteiger partial charge in [0.15, 0.2) is 0 Å². The van der Waals surface area contributed by atoms with E-state index in [-0.39, 0.29) is 24.4 Å². The summed E-state index contributed by atoms with van der Waals surface area (Å²) < 4.78 is 44.0. The molecule has 2 aliphatic rings. The van der Waals surface area contributed by atoms with Crippen molar-refractivity contribution in [3.63, 3.8) is 0 Å². The van der Waals surface area contributed by atoms with Crippen LogP contribution >= 0.6 is 0 Å². The van der Waals surface area contributed by atoms with Crippen molar-refractivity contribution in [2.24, 2.45) is 0 Å². The van der Waals surface area contributed by atoms with Gasteiger partial charge in [0.05, 0.1) is 11.6 Å². The molecule has 0 saturated carbocycles. The summed E-state index contributed by atoms with van der Waals surface area (Å²) in [5, 5.41) is 0. The zero-order valence-corrected chi connectivity index (χ0v) is 20.2. The molecule has 7 nitrogen and oxygen atoms in total. The first-order chi connectivity index (χ1) is 15.7. The number of ether oxygens (including phenoxy) is 1. The fraction of sp³-hybridized carbons (Fsp3) is 0.625. The third kappa shape index (κ3) is 5.64. The minimum atomic E-state index is -4.44. The van der Waals surface area contributed by atoms with Crippen LogP contribution in [0.4, 0.5) is 18.0 Å². The highest BCUT2D eigenvalue weighted by Gasteiger charge is 2.43. The van der Waals surface area contributed by atoms with Gasteiger partial charge in [-0.2, -0.15) is 13.2 Å². The first-order valence-corrected chi connectivity index (χ1v) is 11.5. The molecule has 0 unspecified atom stereocenters. The van der Waals surface area contributed by atoms with Crippen LogP contribution in [-0.2, 0) is 20.5 Å². The van der Waals surface area contributed by atoms with Crippen LogP contribution in [0.3, 0.4) is 0 Å². The molecule has 0 spiro atoms. The van der Waals surface area contributed by atoms with Gasteiger partial charge in [-0.1, -0.05) is 12.1 Å². The number of hydrogen-bond donors (Lipinski definition) is 0. The molecule has 0 aromatic heterocycles. The molecule has 0 aliphatic carbocycles. The molecule has 0 N–H and O–H groups in total. The highest BCUT2D eigenvalue weighted by atomic mass is 19.4. The number of nitrogens with zero attached hydrogens (tertiary/aromatic N) is 3. The van der Waals surface area contributed by atoms with E-state index < -0.39 is 35.5 Å². The van der Waals surface area contributed by atoms with Gasteiger partial charge in [0.1, 0.15) is 18.2 Å². The summed E-state index contributed by atoms with van der Waals surface area (Å²) in [6.45, 7) is 9.51. The molecule has 0 radical (unpaired) electrons. The summed E-state index contributed by atoms with van der Waals surface area (Å²) in [5.74, 6) is -0.455. The van der Waals surface area contributed by atoms with Gasteiger partial charge in [0.2, 0.25) is 11.8 Å². The van der Waals surface area contributed by atoms with E-state index in [4.69, 9.17) is 4.74 Å². The molecular weight excluding hydrogens is 451 g/mol. The molecule has 2 fully saturated rings. The van der Waals surface area contributed by atoms with E-state index in [9.17, 15) is 27.6 Å². The molecule has 3 amide bonds. The summed E-state index contributed by atoms with van der Waals surface area (Å²) in [7, 11) is 0. The number of carbonyl (C=O) groups excluding carboxylic acids is 3. The topological polar surface area (TPSA) is 70.2 Å². The van der Waals surface area contributed by atoms with E-state index in [2.05, 4.69) is 0 Å². The minimum Gasteiger partial charge on any atom is -0.444 e. The van der Waals surface area contributed by atoms with Gasteiger partial charge in [0.25, 0.3) is 0 Å². The zero-order valence-electron chi connectivity index (χ0n) is 20.2. The molecule has 1 aromatic carbocycles. The van der Waals surface area contributed by atoms with E-state index in [0.29, 0.717) is 31.5 Å². The number of carbonyl (C=O) groups is 3. The first-order valence-electron chi connectivity index (χ1n) is 11.5. The zero-order chi connectivity index (χ0) is 25.4. The van der Waals surface area contributed by atoms with Gasteiger partial charge in [-0.15, -0.1) is 0 Å². The second kappa shape index (κ2) is 9.46. The summed E-state index contributed by atoms with van der Waals surface area (Å²) in [6, 6.07) is 3.19. The van der Waals surface area contributed by atoms with Gasteiger partial charge >= 0.3 is 12.3 Å². The van der Waals surface area contributed by atoms with Crippen LogP contribution in [0.1, 0.15) is 64.6 Å². The summed E-state index contributed by atoms with van der Waals surface area (Å²) in [6.07, 6.45) is -3.75. The van der Waals surface area contributed by atoms with Crippen molar-refractivity contribution in [1.29, 1.82) is 0 Å². The maximum Gasteiger partial charge on any atom is 0.416 e. The molecule has 2 aliphatic heterocycles. The molecule has 2 saturated heterocycles. The number of amides is 3. The third-order valence-corrected chi connectivity index (χ3v) is 6.35. The number of rotatable bonds is 3. The predicted molar refractivity (Wildman–Crippen MR) is 119 cm³/mol. The van der Waals surface area contributed by atoms with Gasteiger partial charge in [-0.05, 0) is 65.2 Å². The number of piperazine rings is 1. The van der Waals surface area contributed by atoms with Crippen LogP contribution in [0.2, 0.25) is 0 Å². The molecule has 2 heterocycles. The maximum atomic E-state index is 13.2. The summed E-state index contributed by atoms with van der Waals surface area (Å²) >= 11 is 0. The fourth-order valence-electron chi connectivity index (χ4n) is 4.54. The lowest BCUT2D eigenvalue weighted by atomic mass is 9.97. The van der Waals surface area contributed by atoms with Crippen molar-refractivity contribution in [2.75, 3.05) is 19.6 Å².